The second kappa shape index (κ2) is 5.32. The first-order valence-electron chi connectivity index (χ1n) is 5.34. The van der Waals surface area contributed by atoms with E-state index in [1.54, 1.807) is 4.72 Å². The third-order valence-corrected chi connectivity index (χ3v) is 3.86. The Hall–Kier alpha value is -2.16. The van der Waals surface area contributed by atoms with Crippen LogP contribution in [0.5, 0.6) is 0 Å². The van der Waals surface area contributed by atoms with Crippen LogP contribution in [0.3, 0.4) is 0 Å². The van der Waals surface area contributed by atoms with Gasteiger partial charge >= 0.3 is 0 Å². The van der Waals surface area contributed by atoms with Crippen LogP contribution in [0.1, 0.15) is 0 Å². The lowest BCUT2D eigenvalue weighted by Crippen LogP contribution is -2.17. The molecule has 0 aromatic heterocycles. The zero-order chi connectivity index (χ0) is 15.8. The smallest absolute Gasteiger partial charge is 0.267 e. The summed E-state index contributed by atoms with van der Waals surface area (Å²) in [5.74, 6) is -7.87. The second-order valence-corrected chi connectivity index (χ2v) is 5.53. The maximum absolute atomic E-state index is 13.4. The minimum atomic E-state index is -4.78. The summed E-state index contributed by atoms with van der Waals surface area (Å²) in [6, 6.07) is 3.03. The molecule has 2 aromatic carbocycles. The molecule has 0 heterocycles. The summed E-state index contributed by atoms with van der Waals surface area (Å²) in [4.78, 5) is -1.31. The lowest BCUT2D eigenvalue weighted by Gasteiger charge is -2.10. The van der Waals surface area contributed by atoms with Crippen molar-refractivity contribution in [3.8, 4) is 0 Å². The van der Waals surface area contributed by atoms with Crippen molar-refractivity contribution >= 4 is 15.7 Å². The molecule has 0 aliphatic heterocycles. The summed E-state index contributed by atoms with van der Waals surface area (Å²) in [7, 11) is -4.78. The zero-order valence-corrected chi connectivity index (χ0v) is 10.8. The first-order chi connectivity index (χ1) is 9.72. The van der Waals surface area contributed by atoms with Crippen molar-refractivity contribution in [2.75, 3.05) is 4.72 Å². The molecule has 0 amide bonds. The third-order valence-electron chi connectivity index (χ3n) is 2.42. The van der Waals surface area contributed by atoms with E-state index in [0.29, 0.717) is 24.3 Å². The van der Waals surface area contributed by atoms with Crippen molar-refractivity contribution in [3.63, 3.8) is 0 Å². The molecule has 0 spiro atoms. The molecular formula is C12H6F5NO2S. The fourth-order valence-electron chi connectivity index (χ4n) is 1.56. The average Bonchev–Trinajstić information content (AvgIpc) is 2.34. The minimum Gasteiger partial charge on any atom is -0.279 e. The van der Waals surface area contributed by atoms with Crippen molar-refractivity contribution in [3.05, 3.63) is 59.4 Å². The molecule has 2 aromatic rings. The summed E-state index contributed by atoms with van der Waals surface area (Å²) in [6.07, 6.45) is 0. The number of benzene rings is 2. The van der Waals surface area contributed by atoms with Gasteiger partial charge in [-0.15, -0.1) is 0 Å². The lowest BCUT2D eigenvalue weighted by atomic mass is 10.3. The number of hydrogen-bond acceptors (Lipinski definition) is 2. The Morgan fingerprint density at radius 3 is 1.76 bits per heavy atom. The van der Waals surface area contributed by atoms with E-state index in [2.05, 4.69) is 0 Å². The van der Waals surface area contributed by atoms with Gasteiger partial charge in [0, 0.05) is 12.1 Å². The van der Waals surface area contributed by atoms with Gasteiger partial charge in [-0.1, -0.05) is 6.07 Å². The van der Waals surface area contributed by atoms with Crippen LogP contribution in [-0.2, 0) is 10.0 Å². The van der Waals surface area contributed by atoms with Crippen molar-refractivity contribution in [2.24, 2.45) is 0 Å². The molecule has 21 heavy (non-hydrogen) atoms. The molecule has 0 radical (unpaired) electrons. The number of hydrogen-bond donors (Lipinski definition) is 1. The third kappa shape index (κ3) is 2.97. The zero-order valence-electron chi connectivity index (χ0n) is 10.0. The van der Waals surface area contributed by atoms with Crippen LogP contribution in [0.25, 0.3) is 0 Å². The standard InChI is InChI=1S/C12H6F5NO2S/c13-7-2-1-3-8(14)12(7)21(19,20)18-6-4-9(15)11(17)10(16)5-6/h1-5,18H. The van der Waals surface area contributed by atoms with E-state index >= 15 is 0 Å². The molecule has 0 unspecified atom stereocenters. The van der Waals surface area contributed by atoms with E-state index in [-0.39, 0.29) is 0 Å². The molecular weight excluding hydrogens is 317 g/mol. The van der Waals surface area contributed by atoms with Gasteiger partial charge in [-0.3, -0.25) is 4.72 Å². The summed E-state index contributed by atoms with van der Waals surface area (Å²) in [6.45, 7) is 0. The average molecular weight is 323 g/mol. The predicted octanol–water partition coefficient (Wildman–Crippen LogP) is 3.18. The van der Waals surface area contributed by atoms with Crippen LogP contribution in [0, 0.1) is 29.1 Å². The molecule has 0 bridgehead atoms. The second-order valence-electron chi connectivity index (χ2n) is 3.91. The van der Waals surface area contributed by atoms with E-state index in [1.807, 2.05) is 0 Å². The number of anilines is 1. The quantitative estimate of drug-likeness (QED) is 0.696. The van der Waals surface area contributed by atoms with Crippen LogP contribution in [0.15, 0.2) is 35.2 Å². The molecule has 0 atom stereocenters. The molecule has 0 saturated heterocycles. The highest BCUT2D eigenvalue weighted by Crippen LogP contribution is 2.23. The van der Waals surface area contributed by atoms with E-state index in [1.165, 1.54) is 0 Å². The highest BCUT2D eigenvalue weighted by molar-refractivity contribution is 7.92. The molecule has 0 fully saturated rings. The van der Waals surface area contributed by atoms with Gasteiger partial charge in [-0.05, 0) is 12.1 Å². The first-order valence-corrected chi connectivity index (χ1v) is 6.82. The highest BCUT2D eigenvalue weighted by Gasteiger charge is 2.24. The summed E-state index contributed by atoms with van der Waals surface area (Å²) < 4.78 is 90.7. The molecule has 3 nitrogen and oxygen atoms in total. The van der Waals surface area contributed by atoms with Gasteiger partial charge < -0.3 is 0 Å². The Bertz CT molecular complexity index is 764. The van der Waals surface area contributed by atoms with Gasteiger partial charge in [0.25, 0.3) is 10.0 Å². The molecule has 0 aliphatic rings. The van der Waals surface area contributed by atoms with Crippen molar-refractivity contribution in [1.82, 2.24) is 0 Å². The molecule has 112 valence electrons. The maximum Gasteiger partial charge on any atom is 0.267 e. The maximum atomic E-state index is 13.4. The Balaban J connectivity index is 2.48. The Kier molecular flexibility index (Phi) is 3.86. The van der Waals surface area contributed by atoms with Gasteiger partial charge in [0.15, 0.2) is 22.3 Å². The van der Waals surface area contributed by atoms with Crippen LogP contribution in [-0.4, -0.2) is 8.42 Å². The Labute approximate surface area is 116 Å². The highest BCUT2D eigenvalue weighted by atomic mass is 32.2. The van der Waals surface area contributed by atoms with E-state index < -0.39 is 49.7 Å². The normalized spacial score (nSPS) is 11.5. The summed E-state index contributed by atoms with van der Waals surface area (Å²) >= 11 is 0. The van der Waals surface area contributed by atoms with Gasteiger partial charge in [-0.25, -0.2) is 30.4 Å². The Morgan fingerprint density at radius 1 is 0.810 bits per heavy atom. The summed E-state index contributed by atoms with van der Waals surface area (Å²) in [5, 5.41) is 0. The molecule has 1 N–H and O–H groups in total. The molecule has 0 aliphatic carbocycles. The molecule has 9 heteroatoms. The predicted molar refractivity (Wildman–Crippen MR) is 63.5 cm³/mol. The number of rotatable bonds is 3. The van der Waals surface area contributed by atoms with Gasteiger partial charge in [0.2, 0.25) is 0 Å². The lowest BCUT2D eigenvalue weighted by molar-refractivity contribution is 0.448. The van der Waals surface area contributed by atoms with Crippen molar-refractivity contribution in [2.45, 2.75) is 4.90 Å². The summed E-state index contributed by atoms with van der Waals surface area (Å²) in [5.41, 5.74) is -0.714. The number of nitrogens with one attached hydrogen (secondary N) is 1. The fraction of sp³-hybridized carbons (Fsp3) is 0. The van der Waals surface area contributed by atoms with Gasteiger partial charge in [0.1, 0.15) is 11.6 Å². The monoisotopic (exact) mass is 323 g/mol. The van der Waals surface area contributed by atoms with Crippen LogP contribution < -0.4 is 4.72 Å². The van der Waals surface area contributed by atoms with E-state index in [9.17, 15) is 30.4 Å². The number of sulfonamides is 1. The largest absolute Gasteiger partial charge is 0.279 e. The van der Waals surface area contributed by atoms with Crippen LogP contribution >= 0.6 is 0 Å². The van der Waals surface area contributed by atoms with E-state index in [0.717, 1.165) is 6.07 Å². The minimum absolute atomic E-state index is 0.342. The first kappa shape index (κ1) is 15.2. The van der Waals surface area contributed by atoms with Crippen molar-refractivity contribution < 1.29 is 30.4 Å². The SMILES string of the molecule is O=S(=O)(Nc1cc(F)c(F)c(F)c1)c1c(F)cccc1F. The van der Waals surface area contributed by atoms with Crippen LogP contribution in [0.2, 0.25) is 0 Å². The Morgan fingerprint density at radius 2 is 1.29 bits per heavy atom. The number of halogens is 5. The molecule has 2 rings (SSSR count). The van der Waals surface area contributed by atoms with Gasteiger partial charge in [-0.2, -0.15) is 0 Å². The molecule has 0 saturated carbocycles. The van der Waals surface area contributed by atoms with E-state index in [4.69, 9.17) is 0 Å². The van der Waals surface area contributed by atoms with Crippen LogP contribution in [0.4, 0.5) is 27.6 Å². The van der Waals surface area contributed by atoms with Gasteiger partial charge in [0.05, 0.1) is 5.69 Å². The topological polar surface area (TPSA) is 46.2 Å². The van der Waals surface area contributed by atoms with Crippen molar-refractivity contribution in [1.29, 1.82) is 0 Å². The fourth-order valence-corrected chi connectivity index (χ4v) is 2.74.